The molecule has 1 aliphatic rings. The monoisotopic (exact) mass is 355 g/mol. The first-order valence-corrected chi connectivity index (χ1v) is 7.70. The lowest BCUT2D eigenvalue weighted by Gasteiger charge is -2.32. The van der Waals surface area contributed by atoms with Gasteiger partial charge in [0.15, 0.2) is 6.10 Å². The SMILES string of the molecule is CC(Oc1ccc(Br)cc1)C(=O)N1CCC(C(=O)O)CC1. The molecule has 114 valence electrons. The number of piperidine rings is 1. The fourth-order valence-corrected chi connectivity index (χ4v) is 2.64. The van der Waals surface area contributed by atoms with Crippen LogP contribution in [0.15, 0.2) is 28.7 Å². The largest absolute Gasteiger partial charge is 0.481 e. The van der Waals surface area contributed by atoms with Gasteiger partial charge in [0.1, 0.15) is 5.75 Å². The van der Waals surface area contributed by atoms with Crippen molar-refractivity contribution in [3.8, 4) is 5.75 Å². The molecule has 1 saturated heterocycles. The molecular formula is C15H18BrNO4. The number of halogens is 1. The number of hydrogen-bond acceptors (Lipinski definition) is 3. The first kappa shape index (κ1) is 15.8. The number of nitrogens with zero attached hydrogens (tertiary/aromatic N) is 1. The number of benzene rings is 1. The molecule has 6 heteroatoms. The van der Waals surface area contributed by atoms with Crippen molar-refractivity contribution < 1.29 is 19.4 Å². The van der Waals surface area contributed by atoms with Gasteiger partial charge in [-0.2, -0.15) is 0 Å². The van der Waals surface area contributed by atoms with Gasteiger partial charge in [-0.15, -0.1) is 0 Å². The molecule has 1 aromatic carbocycles. The number of carbonyl (C=O) groups excluding carboxylic acids is 1. The van der Waals surface area contributed by atoms with Gasteiger partial charge in [-0.05, 0) is 44.0 Å². The van der Waals surface area contributed by atoms with Crippen LogP contribution in [0, 0.1) is 5.92 Å². The van der Waals surface area contributed by atoms with Gasteiger partial charge >= 0.3 is 5.97 Å². The molecule has 1 aromatic rings. The molecule has 1 unspecified atom stereocenters. The van der Waals surface area contributed by atoms with Crippen LogP contribution in [0.1, 0.15) is 19.8 Å². The first-order chi connectivity index (χ1) is 9.97. The number of hydrogen-bond donors (Lipinski definition) is 1. The quantitative estimate of drug-likeness (QED) is 0.900. The summed E-state index contributed by atoms with van der Waals surface area (Å²) in [4.78, 5) is 24.9. The van der Waals surface area contributed by atoms with Gasteiger partial charge in [0.25, 0.3) is 5.91 Å². The van der Waals surface area contributed by atoms with Gasteiger partial charge in [-0.1, -0.05) is 15.9 Å². The Balaban J connectivity index is 1.88. The van der Waals surface area contributed by atoms with Crippen molar-refractivity contribution in [2.75, 3.05) is 13.1 Å². The van der Waals surface area contributed by atoms with Crippen molar-refractivity contribution in [1.29, 1.82) is 0 Å². The molecule has 1 aliphatic heterocycles. The van der Waals surface area contributed by atoms with Crippen LogP contribution < -0.4 is 4.74 Å². The van der Waals surface area contributed by atoms with E-state index in [0.717, 1.165) is 4.47 Å². The Labute approximate surface area is 132 Å². The highest BCUT2D eigenvalue weighted by molar-refractivity contribution is 9.10. The molecule has 0 saturated carbocycles. The van der Waals surface area contributed by atoms with Crippen LogP contribution in [-0.4, -0.2) is 41.1 Å². The maximum atomic E-state index is 12.3. The molecule has 1 heterocycles. The van der Waals surface area contributed by atoms with Crippen LogP contribution in [0.2, 0.25) is 0 Å². The second-order valence-electron chi connectivity index (χ2n) is 5.15. The van der Waals surface area contributed by atoms with Crippen LogP contribution in [0.4, 0.5) is 0 Å². The third kappa shape index (κ3) is 4.20. The Morgan fingerprint density at radius 3 is 2.38 bits per heavy atom. The van der Waals surface area contributed by atoms with Crippen molar-refractivity contribution in [2.24, 2.45) is 5.92 Å². The summed E-state index contributed by atoms with van der Waals surface area (Å²) >= 11 is 3.34. The minimum Gasteiger partial charge on any atom is -0.481 e. The van der Waals surface area contributed by atoms with Gasteiger partial charge in [-0.25, -0.2) is 0 Å². The van der Waals surface area contributed by atoms with Gasteiger partial charge in [-0.3, -0.25) is 9.59 Å². The fourth-order valence-electron chi connectivity index (χ4n) is 2.37. The maximum Gasteiger partial charge on any atom is 0.306 e. The maximum absolute atomic E-state index is 12.3. The lowest BCUT2D eigenvalue weighted by atomic mass is 9.97. The Morgan fingerprint density at radius 2 is 1.86 bits per heavy atom. The van der Waals surface area contributed by atoms with E-state index in [-0.39, 0.29) is 11.8 Å². The summed E-state index contributed by atoms with van der Waals surface area (Å²) in [6.45, 7) is 2.67. The summed E-state index contributed by atoms with van der Waals surface area (Å²) < 4.78 is 6.58. The van der Waals surface area contributed by atoms with Gasteiger partial charge in [0.2, 0.25) is 0 Å². The minimum atomic E-state index is -0.777. The van der Waals surface area contributed by atoms with Crippen molar-refractivity contribution in [3.05, 3.63) is 28.7 Å². The van der Waals surface area contributed by atoms with Gasteiger partial charge in [0.05, 0.1) is 5.92 Å². The molecule has 1 atom stereocenters. The minimum absolute atomic E-state index is 0.0956. The van der Waals surface area contributed by atoms with Gasteiger partial charge < -0.3 is 14.7 Å². The Hall–Kier alpha value is -1.56. The number of aliphatic carboxylic acids is 1. The molecule has 0 bridgehead atoms. The number of carboxylic acids is 1. The third-order valence-electron chi connectivity index (χ3n) is 3.63. The average Bonchev–Trinajstić information content (AvgIpc) is 2.49. The van der Waals surface area contributed by atoms with Crippen molar-refractivity contribution >= 4 is 27.8 Å². The van der Waals surface area contributed by atoms with E-state index in [4.69, 9.17) is 9.84 Å². The van der Waals surface area contributed by atoms with E-state index < -0.39 is 12.1 Å². The fraction of sp³-hybridized carbons (Fsp3) is 0.467. The van der Waals surface area contributed by atoms with Crippen LogP contribution >= 0.6 is 15.9 Å². The summed E-state index contributed by atoms with van der Waals surface area (Å²) in [5.74, 6) is -0.570. The molecule has 0 aromatic heterocycles. The highest BCUT2D eigenvalue weighted by atomic mass is 79.9. The number of ether oxygens (including phenoxy) is 1. The second kappa shape index (κ2) is 6.93. The third-order valence-corrected chi connectivity index (χ3v) is 4.16. The summed E-state index contributed by atoms with van der Waals surface area (Å²) in [6, 6.07) is 7.30. The first-order valence-electron chi connectivity index (χ1n) is 6.91. The van der Waals surface area contributed by atoms with E-state index in [2.05, 4.69) is 15.9 Å². The highest BCUT2D eigenvalue weighted by Crippen LogP contribution is 2.20. The highest BCUT2D eigenvalue weighted by Gasteiger charge is 2.29. The van der Waals surface area contributed by atoms with E-state index in [1.54, 1.807) is 24.0 Å². The van der Waals surface area contributed by atoms with Crippen molar-refractivity contribution in [2.45, 2.75) is 25.9 Å². The molecule has 0 aliphatic carbocycles. The van der Waals surface area contributed by atoms with E-state index >= 15 is 0 Å². The summed E-state index contributed by atoms with van der Waals surface area (Å²) in [7, 11) is 0. The zero-order chi connectivity index (χ0) is 15.4. The molecule has 0 radical (unpaired) electrons. The van der Waals surface area contributed by atoms with Crippen LogP contribution in [0.25, 0.3) is 0 Å². The molecular weight excluding hydrogens is 338 g/mol. The lowest BCUT2D eigenvalue weighted by Crippen LogP contribution is -2.45. The van der Waals surface area contributed by atoms with Crippen molar-refractivity contribution in [3.63, 3.8) is 0 Å². The molecule has 1 fully saturated rings. The van der Waals surface area contributed by atoms with E-state index in [9.17, 15) is 9.59 Å². The van der Waals surface area contributed by atoms with Crippen LogP contribution in [0.5, 0.6) is 5.75 Å². The molecule has 1 amide bonds. The molecule has 5 nitrogen and oxygen atoms in total. The molecule has 2 rings (SSSR count). The molecule has 0 spiro atoms. The topological polar surface area (TPSA) is 66.8 Å². The zero-order valence-corrected chi connectivity index (χ0v) is 13.4. The molecule has 1 N–H and O–H groups in total. The second-order valence-corrected chi connectivity index (χ2v) is 6.07. The predicted molar refractivity (Wildman–Crippen MR) is 81.2 cm³/mol. The number of carbonyl (C=O) groups is 2. The van der Waals surface area contributed by atoms with Crippen molar-refractivity contribution in [1.82, 2.24) is 4.90 Å². The van der Waals surface area contributed by atoms with E-state index in [1.807, 2.05) is 12.1 Å². The Kier molecular flexibility index (Phi) is 5.22. The normalized spacial score (nSPS) is 17.3. The zero-order valence-electron chi connectivity index (χ0n) is 11.8. The number of rotatable bonds is 4. The molecule has 21 heavy (non-hydrogen) atoms. The summed E-state index contributed by atoms with van der Waals surface area (Å²) in [5.41, 5.74) is 0. The summed E-state index contributed by atoms with van der Waals surface area (Å²) in [6.07, 6.45) is 0.436. The number of carboxylic acid groups (broad SMARTS) is 1. The standard InChI is InChI=1S/C15H18BrNO4/c1-10(21-13-4-2-12(16)3-5-13)14(18)17-8-6-11(7-9-17)15(19)20/h2-5,10-11H,6-9H2,1H3,(H,19,20). The predicted octanol–water partition coefficient (Wildman–Crippen LogP) is 2.54. The number of likely N-dealkylation sites (tertiary alicyclic amines) is 1. The number of amides is 1. The van der Waals surface area contributed by atoms with E-state index in [0.29, 0.717) is 31.7 Å². The van der Waals surface area contributed by atoms with Crippen LogP contribution in [-0.2, 0) is 9.59 Å². The lowest BCUT2D eigenvalue weighted by molar-refractivity contribution is -0.147. The summed E-state index contributed by atoms with van der Waals surface area (Å²) in [5, 5.41) is 8.96. The Morgan fingerprint density at radius 1 is 1.29 bits per heavy atom. The van der Waals surface area contributed by atoms with E-state index in [1.165, 1.54) is 0 Å². The smallest absolute Gasteiger partial charge is 0.306 e. The van der Waals surface area contributed by atoms with Crippen LogP contribution in [0.3, 0.4) is 0 Å². The average molecular weight is 356 g/mol. The van der Waals surface area contributed by atoms with Gasteiger partial charge in [0, 0.05) is 17.6 Å². The Bertz CT molecular complexity index is 509.